The normalized spacial score (nSPS) is 11.5. The highest BCUT2D eigenvalue weighted by Crippen LogP contribution is 1.74. The van der Waals surface area contributed by atoms with Gasteiger partial charge < -0.3 is 0 Å². The predicted molar refractivity (Wildman–Crippen MR) is 38.9 cm³/mol. The molecule has 0 saturated carbocycles. The van der Waals surface area contributed by atoms with Crippen LogP contribution in [0.1, 0.15) is 0 Å². The summed E-state index contributed by atoms with van der Waals surface area (Å²) in [5.41, 5.74) is -4.22. The van der Waals surface area contributed by atoms with E-state index in [1.54, 1.807) is 0 Å². The van der Waals surface area contributed by atoms with E-state index in [-0.39, 0.29) is 0 Å². The minimum atomic E-state index is -4.99. The van der Waals surface area contributed by atoms with Crippen LogP contribution in [0.2, 0.25) is 0 Å². The number of aromatic nitrogens is 3. The Morgan fingerprint density at radius 3 is 1.77 bits per heavy atom. The molecule has 1 rings (SSSR count). The largest absolute Gasteiger partial charge is 0.371 e. The molecule has 0 fully saturated rings. The summed E-state index contributed by atoms with van der Waals surface area (Å²) < 4.78 is 28.5. The van der Waals surface area contributed by atoms with Crippen LogP contribution < -0.4 is 17.1 Å². The van der Waals surface area contributed by atoms with Crippen molar-refractivity contribution in [1.29, 1.82) is 0 Å². The SMILES string of the molecule is O=c1[nH]c(=O)n(S(=O)(=O)O)c(=O)[nH]1. The average molecular weight is 209 g/mol. The number of hydrogen-bond donors (Lipinski definition) is 3. The van der Waals surface area contributed by atoms with Gasteiger partial charge in [-0.3, -0.25) is 14.5 Å². The summed E-state index contributed by atoms with van der Waals surface area (Å²) in [6.45, 7) is 0. The fourth-order valence-corrected chi connectivity index (χ4v) is 1.14. The number of H-pyrrole nitrogens is 2. The Balaban J connectivity index is 3.89. The van der Waals surface area contributed by atoms with Crippen molar-refractivity contribution in [1.82, 2.24) is 13.9 Å². The quantitative estimate of drug-likeness (QED) is 0.417. The maximum Gasteiger partial charge on any atom is 0.371 e. The second-order valence-corrected chi connectivity index (χ2v) is 3.19. The Kier molecular flexibility index (Phi) is 1.93. The van der Waals surface area contributed by atoms with Crippen molar-refractivity contribution in [2.45, 2.75) is 0 Å². The second-order valence-electron chi connectivity index (χ2n) is 1.93. The highest BCUT2D eigenvalue weighted by molar-refractivity contribution is 7.84. The van der Waals surface area contributed by atoms with Crippen LogP contribution >= 0.6 is 0 Å². The van der Waals surface area contributed by atoms with Gasteiger partial charge in [-0.25, -0.2) is 14.4 Å². The average Bonchev–Trinajstić information content (AvgIpc) is 1.78. The Labute approximate surface area is 69.5 Å². The van der Waals surface area contributed by atoms with Crippen LogP contribution in [-0.4, -0.2) is 26.9 Å². The van der Waals surface area contributed by atoms with Crippen LogP contribution in [0, 0.1) is 0 Å². The summed E-state index contributed by atoms with van der Waals surface area (Å²) >= 11 is 0. The van der Waals surface area contributed by atoms with E-state index >= 15 is 0 Å². The number of nitrogens with one attached hydrogen (secondary N) is 2. The van der Waals surface area contributed by atoms with Crippen LogP contribution in [-0.2, 0) is 10.3 Å². The predicted octanol–water partition coefficient (Wildman–Crippen LogP) is -3.12. The van der Waals surface area contributed by atoms with E-state index < -0.39 is 31.3 Å². The molecule has 0 bridgehead atoms. The summed E-state index contributed by atoms with van der Waals surface area (Å²) in [7, 11) is -4.99. The number of rotatable bonds is 1. The van der Waals surface area contributed by atoms with Gasteiger partial charge in [0.25, 0.3) is 0 Å². The zero-order valence-electron chi connectivity index (χ0n) is 5.84. The molecule has 0 aliphatic carbocycles. The molecule has 13 heavy (non-hydrogen) atoms. The third-order valence-electron chi connectivity index (χ3n) is 1.04. The Morgan fingerprint density at radius 1 is 1.08 bits per heavy atom. The Hall–Kier alpha value is -1.68. The van der Waals surface area contributed by atoms with Crippen molar-refractivity contribution in [2.24, 2.45) is 0 Å². The second kappa shape index (κ2) is 2.67. The summed E-state index contributed by atoms with van der Waals surface area (Å²) in [5.74, 6) is 0. The first-order valence-electron chi connectivity index (χ1n) is 2.76. The van der Waals surface area contributed by atoms with Gasteiger partial charge in [0.2, 0.25) is 0 Å². The molecule has 0 aliphatic heterocycles. The van der Waals surface area contributed by atoms with Crippen LogP contribution in [0.3, 0.4) is 0 Å². The molecule has 3 N–H and O–H groups in total. The molecule has 10 heteroatoms. The molecule has 0 radical (unpaired) electrons. The lowest BCUT2D eigenvalue weighted by Crippen LogP contribution is -2.46. The van der Waals surface area contributed by atoms with Gasteiger partial charge >= 0.3 is 27.4 Å². The highest BCUT2D eigenvalue weighted by atomic mass is 32.2. The van der Waals surface area contributed by atoms with Gasteiger partial charge in [-0.15, -0.1) is 3.97 Å². The first kappa shape index (κ1) is 9.41. The molecule has 9 nitrogen and oxygen atoms in total. The number of hydrogen-bond acceptors (Lipinski definition) is 5. The van der Waals surface area contributed by atoms with Gasteiger partial charge in [-0.2, -0.15) is 8.42 Å². The minimum absolute atomic E-state index is 0.519. The monoisotopic (exact) mass is 209 g/mol. The van der Waals surface area contributed by atoms with Gasteiger partial charge in [0, 0.05) is 0 Å². The van der Waals surface area contributed by atoms with E-state index in [9.17, 15) is 22.8 Å². The van der Waals surface area contributed by atoms with Crippen molar-refractivity contribution in [3.05, 3.63) is 31.5 Å². The summed E-state index contributed by atoms with van der Waals surface area (Å²) in [4.78, 5) is 34.6. The molecule has 0 spiro atoms. The summed E-state index contributed by atoms with van der Waals surface area (Å²) in [6, 6.07) is 0. The lowest BCUT2D eigenvalue weighted by atomic mass is 11.0. The zero-order chi connectivity index (χ0) is 10.2. The van der Waals surface area contributed by atoms with E-state index in [0.717, 1.165) is 0 Å². The first-order chi connectivity index (χ1) is 5.82. The van der Waals surface area contributed by atoms with E-state index in [0.29, 0.717) is 0 Å². The van der Waals surface area contributed by atoms with Crippen LogP contribution in [0.15, 0.2) is 14.4 Å². The third kappa shape index (κ3) is 1.73. The molecule has 0 atom stereocenters. The van der Waals surface area contributed by atoms with E-state index in [1.807, 2.05) is 0 Å². The van der Waals surface area contributed by atoms with Gasteiger partial charge in [0.15, 0.2) is 0 Å². The summed E-state index contributed by atoms with van der Waals surface area (Å²) in [5, 5.41) is 0. The van der Waals surface area contributed by atoms with Crippen molar-refractivity contribution in [3.8, 4) is 0 Å². The fraction of sp³-hybridized carbons (Fsp3) is 0. The van der Waals surface area contributed by atoms with Crippen LogP contribution in [0.4, 0.5) is 0 Å². The molecule has 0 aliphatic rings. The molecule has 0 saturated heterocycles. The van der Waals surface area contributed by atoms with Crippen LogP contribution in [0.25, 0.3) is 0 Å². The fourth-order valence-electron chi connectivity index (χ4n) is 0.629. The highest BCUT2D eigenvalue weighted by Gasteiger charge is 2.14. The lowest BCUT2D eigenvalue weighted by molar-refractivity contribution is 0.465. The smallest absolute Gasteiger partial charge is 0.268 e. The minimum Gasteiger partial charge on any atom is -0.268 e. The van der Waals surface area contributed by atoms with Crippen LogP contribution in [0.5, 0.6) is 0 Å². The standard InChI is InChI=1S/C3H3N3O6S/c7-1-4-2(8)6(3(9)5-1)13(10,11)12/h(H,10,11,12)(H2,4,5,7,8,9). The van der Waals surface area contributed by atoms with Gasteiger partial charge in [-0.05, 0) is 0 Å². The maximum absolute atomic E-state index is 10.7. The summed E-state index contributed by atoms with van der Waals surface area (Å²) in [6.07, 6.45) is 0. The topological polar surface area (TPSA) is 142 Å². The number of aromatic amines is 2. The number of nitrogens with zero attached hydrogens (tertiary/aromatic N) is 1. The van der Waals surface area contributed by atoms with Crippen molar-refractivity contribution in [2.75, 3.05) is 0 Å². The van der Waals surface area contributed by atoms with Crippen molar-refractivity contribution < 1.29 is 13.0 Å². The van der Waals surface area contributed by atoms with Gasteiger partial charge in [0.05, 0.1) is 0 Å². The lowest BCUT2D eigenvalue weighted by Gasteiger charge is -1.95. The van der Waals surface area contributed by atoms with Crippen molar-refractivity contribution >= 4 is 10.3 Å². The molecule has 1 heterocycles. The third-order valence-corrected chi connectivity index (χ3v) is 1.83. The van der Waals surface area contributed by atoms with E-state index in [2.05, 4.69) is 0 Å². The van der Waals surface area contributed by atoms with Gasteiger partial charge in [-0.1, -0.05) is 0 Å². The zero-order valence-corrected chi connectivity index (χ0v) is 6.66. The molecule has 0 unspecified atom stereocenters. The van der Waals surface area contributed by atoms with E-state index in [4.69, 9.17) is 4.55 Å². The molecular formula is C3H3N3O6S. The molecule has 72 valence electrons. The molecule has 0 amide bonds. The maximum atomic E-state index is 10.7. The Bertz CT molecular complexity index is 552. The molecule has 0 aromatic carbocycles. The Morgan fingerprint density at radius 2 is 1.46 bits per heavy atom. The first-order valence-corrected chi connectivity index (χ1v) is 4.16. The van der Waals surface area contributed by atoms with Crippen molar-refractivity contribution in [3.63, 3.8) is 0 Å². The van der Waals surface area contributed by atoms with Gasteiger partial charge in [0.1, 0.15) is 0 Å². The molecule has 1 aromatic rings. The molecule has 1 aromatic heterocycles. The molecular weight excluding hydrogens is 206 g/mol. The van der Waals surface area contributed by atoms with E-state index in [1.165, 1.54) is 9.97 Å².